The van der Waals surface area contributed by atoms with Crippen LogP contribution in [-0.4, -0.2) is 17.6 Å². The first kappa shape index (κ1) is 8.99. The molecule has 5 nitrogen and oxygen atoms in total. The molecule has 0 amide bonds. The van der Waals surface area contributed by atoms with E-state index in [4.69, 9.17) is 11.6 Å². The van der Waals surface area contributed by atoms with E-state index in [1.807, 2.05) is 0 Å². The predicted octanol–water partition coefficient (Wildman–Crippen LogP) is 0.281. The van der Waals surface area contributed by atoms with Crippen molar-refractivity contribution in [3.8, 4) is 0 Å². The van der Waals surface area contributed by atoms with Gasteiger partial charge in [0.2, 0.25) is 0 Å². The fourth-order valence-corrected chi connectivity index (χ4v) is 1.19. The van der Waals surface area contributed by atoms with Crippen LogP contribution in [0.1, 0.15) is 19.3 Å². The van der Waals surface area contributed by atoms with Gasteiger partial charge in [0.15, 0.2) is 0 Å². The molecule has 12 heavy (non-hydrogen) atoms. The highest BCUT2D eigenvalue weighted by molar-refractivity contribution is 5.02. The zero-order chi connectivity index (χ0) is 8.97. The van der Waals surface area contributed by atoms with Crippen LogP contribution >= 0.6 is 0 Å². The first-order valence-corrected chi connectivity index (χ1v) is 4.03. The van der Waals surface area contributed by atoms with E-state index in [2.05, 4.69) is 5.18 Å². The van der Waals surface area contributed by atoms with Crippen LogP contribution in [0.2, 0.25) is 0 Å². The number of hydrazine groups is 1. The third-order valence-electron chi connectivity index (χ3n) is 2.22. The second kappa shape index (κ2) is 4.06. The highest BCUT2D eigenvalue weighted by Gasteiger charge is 2.24. The molecule has 0 unspecified atom stereocenters. The van der Waals surface area contributed by atoms with Gasteiger partial charge in [0.25, 0.3) is 0 Å². The van der Waals surface area contributed by atoms with E-state index in [1.165, 1.54) is 12.6 Å². The summed E-state index contributed by atoms with van der Waals surface area (Å²) in [6, 6.07) is 0.349. The van der Waals surface area contributed by atoms with Gasteiger partial charge in [-0.2, -0.15) is 4.91 Å². The van der Waals surface area contributed by atoms with Gasteiger partial charge in [-0.3, -0.25) is 0 Å². The van der Waals surface area contributed by atoms with Crippen LogP contribution in [0.25, 0.3) is 0 Å². The van der Waals surface area contributed by atoms with Gasteiger partial charge in [-0.1, -0.05) is 5.18 Å². The Hall–Kier alpha value is -1.10. The van der Waals surface area contributed by atoms with E-state index >= 15 is 0 Å². The molecule has 68 valence electrons. The summed E-state index contributed by atoms with van der Waals surface area (Å²) >= 11 is 0. The number of nitrogens with two attached hydrogens (primary N) is 2. The van der Waals surface area contributed by atoms with Crippen LogP contribution in [0.4, 0.5) is 0 Å². The number of hydrogen-bond acceptors (Lipinski definition) is 5. The Kier molecular flexibility index (Phi) is 3.04. The average molecular weight is 170 g/mol. The molecule has 0 radical (unpaired) electrons. The van der Waals surface area contributed by atoms with E-state index in [-0.39, 0.29) is 6.54 Å². The lowest BCUT2D eigenvalue weighted by atomic mass is 9.92. The lowest BCUT2D eigenvalue weighted by Gasteiger charge is -2.36. The molecule has 0 atom stereocenters. The summed E-state index contributed by atoms with van der Waals surface area (Å²) in [5.74, 6) is 5.71. The minimum atomic E-state index is 0.0590. The number of nitrogens with zero attached hydrogens (tertiary/aromatic N) is 2. The summed E-state index contributed by atoms with van der Waals surface area (Å²) in [4.78, 5) is 9.98. The minimum Gasteiger partial charge on any atom is -0.403 e. The van der Waals surface area contributed by atoms with Crippen molar-refractivity contribution in [3.63, 3.8) is 0 Å². The molecule has 1 saturated carbocycles. The van der Waals surface area contributed by atoms with Gasteiger partial charge in [0, 0.05) is 12.2 Å². The van der Waals surface area contributed by atoms with Crippen molar-refractivity contribution in [2.24, 2.45) is 16.8 Å². The number of hydrogen-bond donors (Lipinski definition) is 2. The Morgan fingerprint density at radius 1 is 1.67 bits per heavy atom. The SMILES string of the molecule is N/C=C(/CN=O)N(N)C1CCC1. The predicted molar refractivity (Wildman–Crippen MR) is 46.6 cm³/mol. The lowest BCUT2D eigenvalue weighted by Crippen LogP contribution is -2.45. The summed E-state index contributed by atoms with van der Waals surface area (Å²) in [6.45, 7) is 0.0590. The highest BCUT2D eigenvalue weighted by Crippen LogP contribution is 2.24. The molecule has 0 aromatic heterocycles. The molecule has 0 aliphatic heterocycles. The van der Waals surface area contributed by atoms with Gasteiger partial charge in [-0.25, -0.2) is 5.84 Å². The molecule has 4 N–H and O–H groups in total. The van der Waals surface area contributed by atoms with Gasteiger partial charge in [-0.05, 0) is 19.3 Å². The Bertz CT molecular complexity index is 188. The van der Waals surface area contributed by atoms with Gasteiger partial charge >= 0.3 is 0 Å². The van der Waals surface area contributed by atoms with E-state index < -0.39 is 0 Å². The van der Waals surface area contributed by atoms with E-state index in [1.54, 1.807) is 5.01 Å². The fraction of sp³-hybridized carbons (Fsp3) is 0.714. The van der Waals surface area contributed by atoms with Crippen molar-refractivity contribution < 1.29 is 0 Å². The molecule has 0 spiro atoms. The quantitative estimate of drug-likeness (QED) is 0.360. The average Bonchev–Trinajstić information content (AvgIpc) is 1.96. The van der Waals surface area contributed by atoms with Crippen molar-refractivity contribution in [2.45, 2.75) is 25.3 Å². The maximum atomic E-state index is 9.98. The standard InChI is InChI=1S/C7H14N4O/c8-4-7(5-10-12)11(9)6-2-1-3-6/h4,6H,1-3,5,8-9H2/b7-4-. The molecule has 0 heterocycles. The normalized spacial score (nSPS) is 18.6. The third-order valence-corrected chi connectivity index (χ3v) is 2.22. The zero-order valence-electron chi connectivity index (χ0n) is 6.94. The Balaban J connectivity index is 2.46. The highest BCUT2D eigenvalue weighted by atomic mass is 16.3. The summed E-state index contributed by atoms with van der Waals surface area (Å²) in [5.41, 5.74) is 5.90. The van der Waals surface area contributed by atoms with Crippen LogP contribution < -0.4 is 11.6 Å². The molecule has 5 heteroatoms. The van der Waals surface area contributed by atoms with Crippen molar-refractivity contribution in [2.75, 3.05) is 6.54 Å². The minimum absolute atomic E-state index is 0.0590. The van der Waals surface area contributed by atoms with Crippen molar-refractivity contribution in [1.82, 2.24) is 5.01 Å². The van der Waals surface area contributed by atoms with Gasteiger partial charge < -0.3 is 10.7 Å². The molecule has 0 bridgehead atoms. The third kappa shape index (κ3) is 1.73. The van der Waals surface area contributed by atoms with E-state index in [0.29, 0.717) is 11.7 Å². The molecule has 0 saturated heterocycles. The van der Waals surface area contributed by atoms with Crippen LogP contribution in [0.15, 0.2) is 17.1 Å². The van der Waals surface area contributed by atoms with Crippen molar-refractivity contribution in [3.05, 3.63) is 16.8 Å². The molecular weight excluding hydrogens is 156 g/mol. The topological polar surface area (TPSA) is 84.7 Å². The molecule has 0 aromatic carbocycles. The second-order valence-corrected chi connectivity index (χ2v) is 2.94. The van der Waals surface area contributed by atoms with Crippen molar-refractivity contribution >= 4 is 0 Å². The van der Waals surface area contributed by atoms with Crippen LogP contribution in [0, 0.1) is 4.91 Å². The summed E-state index contributed by atoms with van der Waals surface area (Å²) in [6.07, 6.45) is 4.70. The van der Waals surface area contributed by atoms with Crippen LogP contribution in [-0.2, 0) is 0 Å². The fourth-order valence-electron chi connectivity index (χ4n) is 1.19. The van der Waals surface area contributed by atoms with Crippen LogP contribution in [0.5, 0.6) is 0 Å². The zero-order valence-corrected chi connectivity index (χ0v) is 6.94. The summed E-state index contributed by atoms with van der Waals surface area (Å²) in [5, 5.41) is 4.31. The smallest absolute Gasteiger partial charge is 0.124 e. The monoisotopic (exact) mass is 170 g/mol. The Morgan fingerprint density at radius 2 is 2.33 bits per heavy atom. The molecule has 1 aliphatic rings. The molecule has 1 fully saturated rings. The molecule has 1 aliphatic carbocycles. The van der Waals surface area contributed by atoms with Gasteiger partial charge in [0.05, 0.1) is 5.70 Å². The molecular formula is C7H14N4O. The maximum Gasteiger partial charge on any atom is 0.124 e. The Morgan fingerprint density at radius 3 is 2.67 bits per heavy atom. The van der Waals surface area contributed by atoms with E-state index in [9.17, 15) is 4.91 Å². The molecule has 0 aromatic rings. The maximum absolute atomic E-state index is 9.98. The van der Waals surface area contributed by atoms with Crippen molar-refractivity contribution in [1.29, 1.82) is 0 Å². The second-order valence-electron chi connectivity index (χ2n) is 2.94. The Labute approximate surface area is 71.3 Å². The first-order chi connectivity index (χ1) is 5.79. The van der Waals surface area contributed by atoms with Gasteiger partial charge in [0.1, 0.15) is 6.54 Å². The summed E-state index contributed by atoms with van der Waals surface area (Å²) in [7, 11) is 0. The largest absolute Gasteiger partial charge is 0.403 e. The number of nitroso groups, excluding NO2 is 1. The molecule has 1 rings (SSSR count). The first-order valence-electron chi connectivity index (χ1n) is 4.03. The summed E-state index contributed by atoms with van der Waals surface area (Å²) < 4.78 is 0. The van der Waals surface area contributed by atoms with Crippen LogP contribution in [0.3, 0.4) is 0 Å². The number of rotatable bonds is 4. The van der Waals surface area contributed by atoms with Gasteiger partial charge in [-0.15, -0.1) is 0 Å². The lowest BCUT2D eigenvalue weighted by molar-refractivity contribution is 0.168. The van der Waals surface area contributed by atoms with E-state index in [0.717, 1.165) is 12.8 Å².